The van der Waals surface area contributed by atoms with Gasteiger partial charge >= 0.3 is 0 Å². The van der Waals surface area contributed by atoms with E-state index in [1.807, 2.05) is 38.1 Å². The molecule has 2 aromatic rings. The largest absolute Gasteiger partial charge is 0.496 e. The molecule has 0 saturated heterocycles. The molecule has 2 rings (SSSR count). The van der Waals surface area contributed by atoms with Crippen molar-refractivity contribution in [2.75, 3.05) is 7.11 Å². The highest BCUT2D eigenvalue weighted by molar-refractivity contribution is 5.66. The molecule has 1 aromatic heterocycles. The smallest absolute Gasteiger partial charge is 0.128 e. The average Bonchev–Trinajstić information content (AvgIpc) is 2.89. The third-order valence-corrected chi connectivity index (χ3v) is 3.25. The summed E-state index contributed by atoms with van der Waals surface area (Å²) in [6.45, 7) is 4.02. The Kier molecular flexibility index (Phi) is 3.39. The first-order valence-electron chi connectivity index (χ1n) is 6.06. The van der Waals surface area contributed by atoms with Gasteiger partial charge in [0.2, 0.25) is 0 Å². The number of nitrogens with two attached hydrogens (primary N) is 1. The lowest BCUT2D eigenvalue weighted by Crippen LogP contribution is -2.33. The van der Waals surface area contributed by atoms with Crippen LogP contribution in [0, 0.1) is 0 Å². The molecule has 0 bridgehead atoms. The molecular formula is C14H19N3O. The minimum Gasteiger partial charge on any atom is -0.496 e. The Morgan fingerprint density at radius 3 is 2.78 bits per heavy atom. The zero-order valence-electron chi connectivity index (χ0n) is 11.0. The first-order valence-corrected chi connectivity index (χ1v) is 6.06. The van der Waals surface area contributed by atoms with Gasteiger partial charge < -0.3 is 15.5 Å². The Morgan fingerprint density at radius 1 is 1.39 bits per heavy atom. The number of para-hydroxylation sites is 1. The van der Waals surface area contributed by atoms with Crippen molar-refractivity contribution in [3.05, 3.63) is 36.3 Å². The van der Waals surface area contributed by atoms with Gasteiger partial charge in [0.25, 0.3) is 0 Å². The highest BCUT2D eigenvalue weighted by Gasteiger charge is 2.22. The van der Waals surface area contributed by atoms with E-state index in [-0.39, 0.29) is 0 Å². The van der Waals surface area contributed by atoms with E-state index in [1.165, 1.54) is 0 Å². The lowest BCUT2D eigenvalue weighted by atomic mass is 10.00. The van der Waals surface area contributed by atoms with Gasteiger partial charge in [0.15, 0.2) is 0 Å². The van der Waals surface area contributed by atoms with Crippen molar-refractivity contribution in [2.45, 2.75) is 25.8 Å². The molecule has 0 saturated carbocycles. The summed E-state index contributed by atoms with van der Waals surface area (Å²) in [5, 5.41) is 0. The molecule has 1 aromatic carbocycles. The molecule has 0 amide bonds. The van der Waals surface area contributed by atoms with E-state index >= 15 is 0 Å². The second kappa shape index (κ2) is 4.82. The standard InChI is InChI=1S/C14H19N3O/c1-4-14(2,15)13-16-9-11(17-13)10-7-5-6-8-12(10)18-3/h5-9H,4,15H2,1-3H3,(H,16,17). The first kappa shape index (κ1) is 12.6. The number of imidazole rings is 1. The SMILES string of the molecule is CCC(C)(N)c1ncc(-c2ccccc2OC)[nH]1. The van der Waals surface area contributed by atoms with Crippen molar-refractivity contribution in [2.24, 2.45) is 5.73 Å². The molecule has 1 heterocycles. The predicted octanol–water partition coefficient (Wildman–Crippen LogP) is 2.67. The van der Waals surface area contributed by atoms with Crippen molar-refractivity contribution >= 4 is 0 Å². The quantitative estimate of drug-likeness (QED) is 0.870. The number of aromatic amines is 1. The summed E-state index contributed by atoms with van der Waals surface area (Å²) in [5.41, 5.74) is 7.66. The Labute approximate surface area is 107 Å². The number of rotatable bonds is 4. The van der Waals surface area contributed by atoms with Crippen LogP contribution in [0.5, 0.6) is 5.75 Å². The molecule has 0 spiro atoms. The van der Waals surface area contributed by atoms with Crippen molar-refractivity contribution in [3.63, 3.8) is 0 Å². The van der Waals surface area contributed by atoms with Crippen LogP contribution >= 0.6 is 0 Å². The Balaban J connectivity index is 2.41. The number of ether oxygens (including phenoxy) is 1. The molecule has 0 radical (unpaired) electrons. The molecule has 0 aliphatic carbocycles. The normalized spacial score (nSPS) is 14.2. The van der Waals surface area contributed by atoms with Gasteiger partial charge in [0.1, 0.15) is 11.6 Å². The highest BCUT2D eigenvalue weighted by Crippen LogP contribution is 2.29. The van der Waals surface area contributed by atoms with Crippen LogP contribution in [-0.2, 0) is 5.54 Å². The third kappa shape index (κ3) is 2.24. The fourth-order valence-corrected chi connectivity index (χ4v) is 1.78. The molecule has 4 heteroatoms. The summed E-state index contributed by atoms with van der Waals surface area (Å²) in [5.74, 6) is 1.62. The molecule has 96 valence electrons. The van der Waals surface area contributed by atoms with Gasteiger partial charge in [-0.2, -0.15) is 0 Å². The van der Waals surface area contributed by atoms with Gasteiger partial charge in [-0.25, -0.2) is 4.98 Å². The lowest BCUT2D eigenvalue weighted by Gasteiger charge is -2.19. The molecule has 1 unspecified atom stereocenters. The Bertz CT molecular complexity index is 531. The van der Waals surface area contributed by atoms with Crippen LogP contribution in [0.1, 0.15) is 26.1 Å². The molecule has 0 aliphatic heterocycles. The van der Waals surface area contributed by atoms with Gasteiger partial charge in [-0.3, -0.25) is 0 Å². The highest BCUT2D eigenvalue weighted by atomic mass is 16.5. The van der Waals surface area contributed by atoms with Crippen LogP contribution in [0.25, 0.3) is 11.3 Å². The zero-order chi connectivity index (χ0) is 13.2. The van der Waals surface area contributed by atoms with Crippen LogP contribution in [0.4, 0.5) is 0 Å². The molecule has 4 nitrogen and oxygen atoms in total. The summed E-state index contributed by atoms with van der Waals surface area (Å²) in [7, 11) is 1.66. The molecule has 0 fully saturated rings. The van der Waals surface area contributed by atoms with Crippen LogP contribution in [-0.4, -0.2) is 17.1 Å². The molecule has 0 aliphatic rings. The topological polar surface area (TPSA) is 63.9 Å². The number of H-pyrrole nitrogens is 1. The minimum atomic E-state index is -0.430. The van der Waals surface area contributed by atoms with E-state index in [4.69, 9.17) is 10.5 Å². The van der Waals surface area contributed by atoms with E-state index in [9.17, 15) is 0 Å². The second-order valence-electron chi connectivity index (χ2n) is 4.62. The number of hydrogen-bond acceptors (Lipinski definition) is 3. The maximum absolute atomic E-state index is 6.17. The van der Waals surface area contributed by atoms with Gasteiger partial charge in [0, 0.05) is 5.56 Å². The summed E-state index contributed by atoms with van der Waals surface area (Å²) >= 11 is 0. The van der Waals surface area contributed by atoms with Crippen molar-refractivity contribution in [1.29, 1.82) is 0 Å². The summed E-state index contributed by atoms with van der Waals surface area (Å²) < 4.78 is 5.34. The first-order chi connectivity index (χ1) is 8.58. The maximum Gasteiger partial charge on any atom is 0.128 e. The van der Waals surface area contributed by atoms with Crippen LogP contribution in [0.3, 0.4) is 0 Å². The number of nitrogens with zero attached hydrogens (tertiary/aromatic N) is 1. The number of methoxy groups -OCH3 is 1. The van der Waals surface area contributed by atoms with Crippen molar-refractivity contribution < 1.29 is 4.74 Å². The second-order valence-corrected chi connectivity index (χ2v) is 4.62. The zero-order valence-corrected chi connectivity index (χ0v) is 11.0. The minimum absolute atomic E-state index is 0.430. The van der Waals surface area contributed by atoms with Gasteiger partial charge in [-0.15, -0.1) is 0 Å². The van der Waals surface area contributed by atoms with E-state index in [0.717, 1.165) is 29.3 Å². The van der Waals surface area contributed by atoms with Crippen molar-refractivity contribution in [3.8, 4) is 17.0 Å². The van der Waals surface area contributed by atoms with E-state index in [1.54, 1.807) is 13.3 Å². The number of benzene rings is 1. The fraction of sp³-hybridized carbons (Fsp3) is 0.357. The van der Waals surface area contributed by atoms with E-state index in [2.05, 4.69) is 9.97 Å². The van der Waals surface area contributed by atoms with Crippen LogP contribution in [0.15, 0.2) is 30.5 Å². The predicted molar refractivity (Wildman–Crippen MR) is 72.4 cm³/mol. The van der Waals surface area contributed by atoms with Gasteiger partial charge in [-0.05, 0) is 25.5 Å². The number of aromatic nitrogens is 2. The summed E-state index contributed by atoms with van der Waals surface area (Å²) in [6.07, 6.45) is 2.62. The molecular weight excluding hydrogens is 226 g/mol. The van der Waals surface area contributed by atoms with E-state index < -0.39 is 5.54 Å². The molecule has 3 N–H and O–H groups in total. The lowest BCUT2D eigenvalue weighted by molar-refractivity contribution is 0.416. The van der Waals surface area contributed by atoms with E-state index in [0.29, 0.717) is 0 Å². The Morgan fingerprint density at radius 2 is 2.11 bits per heavy atom. The molecule has 1 atom stereocenters. The monoisotopic (exact) mass is 245 g/mol. The maximum atomic E-state index is 6.17. The van der Waals surface area contributed by atoms with Crippen LogP contribution in [0.2, 0.25) is 0 Å². The third-order valence-electron chi connectivity index (χ3n) is 3.25. The number of nitrogens with one attached hydrogen (secondary N) is 1. The van der Waals surface area contributed by atoms with Gasteiger partial charge in [0.05, 0.1) is 24.5 Å². The Hall–Kier alpha value is -1.81. The summed E-state index contributed by atoms with van der Waals surface area (Å²) in [6, 6.07) is 7.84. The number of hydrogen-bond donors (Lipinski definition) is 2. The molecule has 18 heavy (non-hydrogen) atoms. The van der Waals surface area contributed by atoms with Crippen LogP contribution < -0.4 is 10.5 Å². The fourth-order valence-electron chi connectivity index (χ4n) is 1.78. The average molecular weight is 245 g/mol. The van der Waals surface area contributed by atoms with Crippen molar-refractivity contribution in [1.82, 2.24) is 9.97 Å². The summed E-state index contributed by atoms with van der Waals surface area (Å²) in [4.78, 5) is 7.65. The van der Waals surface area contributed by atoms with Gasteiger partial charge in [-0.1, -0.05) is 19.1 Å².